The van der Waals surface area contributed by atoms with E-state index in [-0.39, 0.29) is 35.1 Å². The Bertz CT molecular complexity index is 1280. The molecule has 0 fully saturated rings. The Kier molecular flexibility index (Phi) is 5.37. The van der Waals surface area contributed by atoms with Crippen molar-refractivity contribution in [2.45, 2.75) is 19.3 Å². The SMILES string of the molecule is Cc1ccc(Nc2nc3c(c(=O)[nH]2)C(C(=O)Nc2cccc([N+](=O)[O-])c2)CC(=O)N3)cc1. The van der Waals surface area contributed by atoms with E-state index in [1.807, 2.05) is 31.2 Å². The van der Waals surface area contributed by atoms with E-state index >= 15 is 0 Å². The molecule has 2 amide bonds. The van der Waals surface area contributed by atoms with Gasteiger partial charge in [0.05, 0.1) is 16.4 Å². The minimum absolute atomic E-state index is 0.0150. The second kappa shape index (κ2) is 8.30. The molecule has 0 saturated heterocycles. The number of non-ortho nitro benzene ring substituents is 1. The summed E-state index contributed by atoms with van der Waals surface area (Å²) in [5, 5.41) is 19.0. The van der Waals surface area contributed by atoms with Gasteiger partial charge < -0.3 is 16.0 Å². The van der Waals surface area contributed by atoms with Gasteiger partial charge in [-0.25, -0.2) is 0 Å². The van der Waals surface area contributed by atoms with Gasteiger partial charge in [-0.05, 0) is 25.1 Å². The summed E-state index contributed by atoms with van der Waals surface area (Å²) in [5.41, 5.74) is 1.16. The van der Waals surface area contributed by atoms with Gasteiger partial charge in [0.25, 0.3) is 11.2 Å². The Hall–Kier alpha value is -4.54. The van der Waals surface area contributed by atoms with E-state index in [1.165, 1.54) is 24.3 Å². The summed E-state index contributed by atoms with van der Waals surface area (Å²) in [5.74, 6) is -2.14. The summed E-state index contributed by atoms with van der Waals surface area (Å²) in [6, 6.07) is 12.8. The summed E-state index contributed by atoms with van der Waals surface area (Å²) in [6.07, 6.45) is -0.261. The minimum Gasteiger partial charge on any atom is -0.326 e. The molecule has 0 spiro atoms. The highest BCUT2D eigenvalue weighted by Crippen LogP contribution is 2.30. The number of aromatic nitrogens is 2. The molecule has 0 saturated carbocycles. The highest BCUT2D eigenvalue weighted by molar-refractivity contribution is 6.04. The van der Waals surface area contributed by atoms with Crippen molar-refractivity contribution in [2.24, 2.45) is 0 Å². The minimum atomic E-state index is -1.11. The van der Waals surface area contributed by atoms with E-state index in [1.54, 1.807) is 0 Å². The molecule has 32 heavy (non-hydrogen) atoms. The van der Waals surface area contributed by atoms with Crippen LogP contribution in [-0.4, -0.2) is 26.7 Å². The first-order valence-corrected chi connectivity index (χ1v) is 9.63. The maximum absolute atomic E-state index is 12.9. The molecule has 1 aliphatic heterocycles. The van der Waals surface area contributed by atoms with Crippen LogP contribution >= 0.6 is 0 Å². The van der Waals surface area contributed by atoms with Crippen LogP contribution in [0.4, 0.5) is 28.8 Å². The predicted octanol–water partition coefficient (Wildman–Crippen LogP) is 2.79. The molecule has 2 heterocycles. The Morgan fingerprint density at radius 2 is 1.91 bits per heavy atom. The highest BCUT2D eigenvalue weighted by atomic mass is 16.6. The van der Waals surface area contributed by atoms with Gasteiger partial charge >= 0.3 is 0 Å². The Balaban J connectivity index is 1.62. The number of hydrogen-bond acceptors (Lipinski definition) is 7. The molecule has 1 aromatic heterocycles. The number of nitro groups is 1. The van der Waals surface area contributed by atoms with E-state index in [2.05, 4.69) is 25.9 Å². The lowest BCUT2D eigenvalue weighted by atomic mass is 9.92. The van der Waals surface area contributed by atoms with Gasteiger partial charge in [0.15, 0.2) is 0 Å². The Labute approximate surface area is 181 Å². The number of H-pyrrole nitrogens is 1. The van der Waals surface area contributed by atoms with E-state index in [0.717, 1.165) is 5.56 Å². The maximum atomic E-state index is 12.9. The fourth-order valence-electron chi connectivity index (χ4n) is 3.35. The number of aryl methyl sites for hydroxylation is 1. The van der Waals surface area contributed by atoms with Crippen molar-refractivity contribution in [1.82, 2.24) is 9.97 Å². The van der Waals surface area contributed by atoms with Crippen molar-refractivity contribution >= 4 is 40.6 Å². The van der Waals surface area contributed by atoms with Gasteiger partial charge in [-0.3, -0.25) is 29.5 Å². The molecule has 2 aromatic carbocycles. The molecular formula is C21H18N6O5. The third-order valence-electron chi connectivity index (χ3n) is 4.91. The number of nitro benzene ring substituents is 1. The molecule has 1 unspecified atom stereocenters. The fraction of sp³-hybridized carbons (Fsp3) is 0.143. The van der Waals surface area contributed by atoms with Crippen molar-refractivity contribution < 1.29 is 14.5 Å². The van der Waals surface area contributed by atoms with E-state index in [0.29, 0.717) is 5.69 Å². The van der Waals surface area contributed by atoms with E-state index in [9.17, 15) is 24.5 Å². The molecule has 0 radical (unpaired) electrons. The zero-order valence-electron chi connectivity index (χ0n) is 16.8. The average Bonchev–Trinajstić information content (AvgIpc) is 2.74. The molecule has 1 aliphatic rings. The van der Waals surface area contributed by atoms with Crippen LogP contribution in [0.25, 0.3) is 0 Å². The quantitative estimate of drug-likeness (QED) is 0.355. The first-order valence-electron chi connectivity index (χ1n) is 9.63. The molecule has 11 heteroatoms. The largest absolute Gasteiger partial charge is 0.326 e. The van der Waals surface area contributed by atoms with Crippen molar-refractivity contribution in [3.63, 3.8) is 0 Å². The van der Waals surface area contributed by atoms with Gasteiger partial charge in [0, 0.05) is 29.9 Å². The average molecular weight is 434 g/mol. The van der Waals surface area contributed by atoms with E-state index in [4.69, 9.17) is 0 Å². The van der Waals surface area contributed by atoms with Crippen LogP contribution in [0.5, 0.6) is 0 Å². The van der Waals surface area contributed by atoms with Gasteiger partial charge in [-0.2, -0.15) is 4.98 Å². The Morgan fingerprint density at radius 1 is 1.16 bits per heavy atom. The number of rotatable bonds is 5. The molecular weight excluding hydrogens is 416 g/mol. The Morgan fingerprint density at radius 3 is 2.62 bits per heavy atom. The van der Waals surface area contributed by atoms with Gasteiger partial charge in [-0.1, -0.05) is 23.8 Å². The number of carbonyl (C=O) groups excluding carboxylic acids is 2. The second-order valence-corrected chi connectivity index (χ2v) is 7.27. The van der Waals surface area contributed by atoms with Gasteiger partial charge in [0.2, 0.25) is 17.8 Å². The number of aromatic amines is 1. The maximum Gasteiger partial charge on any atom is 0.271 e. The first kappa shape index (κ1) is 20.7. The molecule has 162 valence electrons. The standard InChI is InChI=1S/C21H18N6O5/c1-11-5-7-12(8-6-11)23-21-25-18-17(20(30)26-21)15(10-16(28)24-18)19(29)22-13-3-2-4-14(9-13)27(31)32/h2-9,15H,10H2,1H3,(H,22,29)(H3,23,24,25,26,28,30). The third-order valence-corrected chi connectivity index (χ3v) is 4.91. The number of carbonyl (C=O) groups is 2. The fourth-order valence-corrected chi connectivity index (χ4v) is 3.35. The first-order chi connectivity index (χ1) is 15.3. The lowest BCUT2D eigenvalue weighted by molar-refractivity contribution is -0.384. The molecule has 0 aliphatic carbocycles. The number of hydrogen-bond donors (Lipinski definition) is 4. The van der Waals surface area contributed by atoms with Crippen molar-refractivity contribution in [3.05, 3.63) is 80.1 Å². The topological polar surface area (TPSA) is 159 Å². The molecule has 4 rings (SSSR count). The van der Waals surface area contributed by atoms with Crippen LogP contribution in [-0.2, 0) is 9.59 Å². The zero-order chi connectivity index (χ0) is 22.8. The van der Waals surface area contributed by atoms with E-state index < -0.39 is 28.2 Å². The number of fused-ring (bicyclic) bond motifs is 1. The summed E-state index contributed by atoms with van der Waals surface area (Å²) < 4.78 is 0. The number of amides is 2. The number of anilines is 4. The van der Waals surface area contributed by atoms with Gasteiger partial charge in [0.1, 0.15) is 5.82 Å². The number of nitrogens with zero attached hydrogens (tertiary/aromatic N) is 2. The smallest absolute Gasteiger partial charge is 0.271 e. The normalized spacial score (nSPS) is 14.8. The summed E-state index contributed by atoms with van der Waals surface area (Å²) >= 11 is 0. The van der Waals surface area contributed by atoms with Crippen LogP contribution in [0.1, 0.15) is 23.5 Å². The number of benzene rings is 2. The summed E-state index contributed by atoms with van der Waals surface area (Å²) in [7, 11) is 0. The molecule has 3 aromatic rings. The third kappa shape index (κ3) is 4.31. The predicted molar refractivity (Wildman–Crippen MR) is 117 cm³/mol. The van der Waals surface area contributed by atoms with Crippen molar-refractivity contribution in [1.29, 1.82) is 0 Å². The van der Waals surface area contributed by atoms with Crippen LogP contribution in [0, 0.1) is 17.0 Å². The highest BCUT2D eigenvalue weighted by Gasteiger charge is 2.35. The zero-order valence-corrected chi connectivity index (χ0v) is 16.8. The summed E-state index contributed by atoms with van der Waals surface area (Å²) in [4.78, 5) is 55.1. The van der Waals surface area contributed by atoms with Crippen LogP contribution in [0.3, 0.4) is 0 Å². The van der Waals surface area contributed by atoms with Crippen molar-refractivity contribution in [2.75, 3.05) is 16.0 Å². The lowest BCUT2D eigenvalue weighted by Crippen LogP contribution is -2.36. The van der Waals surface area contributed by atoms with Crippen LogP contribution in [0.15, 0.2) is 53.3 Å². The van der Waals surface area contributed by atoms with Crippen molar-refractivity contribution in [3.8, 4) is 0 Å². The lowest BCUT2D eigenvalue weighted by Gasteiger charge is -2.23. The number of nitrogens with one attached hydrogen (secondary N) is 4. The van der Waals surface area contributed by atoms with Crippen LogP contribution in [0.2, 0.25) is 0 Å². The molecule has 4 N–H and O–H groups in total. The monoisotopic (exact) mass is 434 g/mol. The molecule has 1 atom stereocenters. The van der Waals surface area contributed by atoms with Crippen LogP contribution < -0.4 is 21.5 Å². The summed E-state index contributed by atoms with van der Waals surface area (Å²) in [6.45, 7) is 1.94. The molecule has 0 bridgehead atoms. The molecule has 11 nitrogen and oxygen atoms in total. The van der Waals surface area contributed by atoms with Gasteiger partial charge in [-0.15, -0.1) is 0 Å². The second-order valence-electron chi connectivity index (χ2n) is 7.27.